The number of rotatable bonds is 2. The lowest BCUT2D eigenvalue weighted by molar-refractivity contribution is -0.136. The first-order valence-electron chi connectivity index (χ1n) is 2.56. The molecule has 0 amide bonds. The minimum Gasteiger partial charge on any atom is -0.481 e. The van der Waals surface area contributed by atoms with Crippen molar-refractivity contribution in [2.75, 3.05) is 4.43 Å². The summed E-state index contributed by atoms with van der Waals surface area (Å²) in [6.45, 7) is 1.63. The van der Waals surface area contributed by atoms with Crippen molar-refractivity contribution in [3.63, 3.8) is 0 Å². The molecule has 0 bridgehead atoms. The summed E-state index contributed by atoms with van der Waals surface area (Å²) in [6, 6.07) is 0. The Balaban J connectivity index is 0. The predicted molar refractivity (Wildman–Crippen MR) is 57.6 cm³/mol. The van der Waals surface area contributed by atoms with Crippen LogP contribution in [0.3, 0.4) is 0 Å². The molecule has 0 fully saturated rings. The zero-order valence-electron chi connectivity index (χ0n) is 5.75. The SMILES string of the molecule is CC(I)C(=O)O.O=C(O)CI. The second-order valence-corrected chi connectivity index (χ2v) is 4.11. The van der Waals surface area contributed by atoms with Gasteiger partial charge in [-0.1, -0.05) is 45.2 Å². The highest BCUT2D eigenvalue weighted by Crippen LogP contribution is 1.95. The van der Waals surface area contributed by atoms with Gasteiger partial charge < -0.3 is 10.2 Å². The van der Waals surface area contributed by atoms with Gasteiger partial charge in [-0.25, -0.2) is 0 Å². The predicted octanol–water partition coefficient (Wildman–Crippen LogP) is 1.40. The lowest BCUT2D eigenvalue weighted by atomic mass is 10.5. The van der Waals surface area contributed by atoms with E-state index in [1.165, 1.54) is 0 Å². The molecule has 6 heteroatoms. The quantitative estimate of drug-likeness (QED) is 0.556. The average molecular weight is 386 g/mol. The highest BCUT2D eigenvalue weighted by Gasteiger charge is 2.01. The van der Waals surface area contributed by atoms with Gasteiger partial charge in [-0.3, -0.25) is 9.59 Å². The Hall–Kier alpha value is 0.400. The number of alkyl halides is 2. The zero-order valence-corrected chi connectivity index (χ0v) is 10.1. The molecule has 0 spiro atoms. The number of carboxylic acid groups (broad SMARTS) is 2. The molecule has 11 heavy (non-hydrogen) atoms. The van der Waals surface area contributed by atoms with Gasteiger partial charge in [-0.15, -0.1) is 0 Å². The highest BCUT2D eigenvalue weighted by molar-refractivity contribution is 14.1. The van der Waals surface area contributed by atoms with Crippen molar-refractivity contribution in [2.45, 2.75) is 10.8 Å². The number of carbonyl (C=O) groups is 2. The van der Waals surface area contributed by atoms with E-state index in [0.717, 1.165) is 0 Å². The topological polar surface area (TPSA) is 74.6 Å². The van der Waals surface area contributed by atoms with E-state index in [1.54, 1.807) is 29.5 Å². The summed E-state index contributed by atoms with van der Waals surface area (Å²) in [5, 5.41) is 15.7. The van der Waals surface area contributed by atoms with Crippen LogP contribution in [-0.2, 0) is 9.59 Å². The standard InChI is InChI=1S/C3H5IO2.C2H3IO2/c1-2(4)3(5)6;3-1-2(4)5/h2H,1H3,(H,5,6);1H2,(H,4,5). The van der Waals surface area contributed by atoms with Crippen molar-refractivity contribution in [3.8, 4) is 0 Å². The molecule has 4 nitrogen and oxygen atoms in total. The second kappa shape index (κ2) is 8.50. The van der Waals surface area contributed by atoms with Gasteiger partial charge in [0.15, 0.2) is 0 Å². The number of aliphatic carboxylic acids is 2. The Bertz CT molecular complexity index is 134. The molecule has 1 unspecified atom stereocenters. The molecule has 0 aliphatic heterocycles. The summed E-state index contributed by atoms with van der Waals surface area (Å²) in [7, 11) is 0. The Morgan fingerprint density at radius 2 is 1.64 bits per heavy atom. The summed E-state index contributed by atoms with van der Waals surface area (Å²) in [6.07, 6.45) is 0. The normalized spacial score (nSPS) is 10.8. The van der Waals surface area contributed by atoms with Gasteiger partial charge >= 0.3 is 11.9 Å². The molecular weight excluding hydrogens is 378 g/mol. The first-order valence-corrected chi connectivity index (χ1v) is 5.33. The van der Waals surface area contributed by atoms with Crippen LogP contribution in [0.2, 0.25) is 0 Å². The Morgan fingerprint density at radius 3 is 1.64 bits per heavy atom. The molecule has 0 saturated heterocycles. The Morgan fingerprint density at radius 1 is 1.45 bits per heavy atom. The van der Waals surface area contributed by atoms with Crippen LogP contribution in [0.1, 0.15) is 6.92 Å². The molecule has 0 aromatic rings. The van der Waals surface area contributed by atoms with E-state index in [-0.39, 0.29) is 8.35 Å². The van der Waals surface area contributed by atoms with Crippen LogP contribution in [-0.4, -0.2) is 30.5 Å². The van der Waals surface area contributed by atoms with Crippen LogP contribution >= 0.6 is 45.2 Å². The van der Waals surface area contributed by atoms with Crippen LogP contribution in [0, 0.1) is 0 Å². The number of hydrogen-bond acceptors (Lipinski definition) is 2. The van der Waals surface area contributed by atoms with Crippen molar-refractivity contribution in [1.29, 1.82) is 0 Å². The first kappa shape index (κ1) is 14.0. The number of halogens is 2. The van der Waals surface area contributed by atoms with Crippen molar-refractivity contribution in [1.82, 2.24) is 0 Å². The van der Waals surface area contributed by atoms with Crippen LogP contribution in [0.25, 0.3) is 0 Å². The molecule has 0 aromatic heterocycles. The van der Waals surface area contributed by atoms with Gasteiger partial charge in [-0.2, -0.15) is 0 Å². The van der Waals surface area contributed by atoms with Gasteiger partial charge in [0, 0.05) is 0 Å². The van der Waals surface area contributed by atoms with Gasteiger partial charge in [0.05, 0.1) is 4.43 Å². The van der Waals surface area contributed by atoms with Crippen molar-refractivity contribution in [2.24, 2.45) is 0 Å². The second-order valence-electron chi connectivity index (χ2n) is 1.48. The maximum Gasteiger partial charge on any atom is 0.316 e. The maximum absolute atomic E-state index is 9.69. The third-order valence-corrected chi connectivity index (χ3v) is 1.64. The number of carboxylic acids is 2. The van der Waals surface area contributed by atoms with Crippen LogP contribution in [0.15, 0.2) is 0 Å². The van der Waals surface area contributed by atoms with E-state index in [2.05, 4.69) is 0 Å². The van der Waals surface area contributed by atoms with Crippen LogP contribution in [0.5, 0.6) is 0 Å². The first-order chi connectivity index (χ1) is 4.91. The van der Waals surface area contributed by atoms with Gasteiger partial charge in [0.1, 0.15) is 3.92 Å². The van der Waals surface area contributed by atoms with Crippen molar-refractivity contribution in [3.05, 3.63) is 0 Å². The van der Waals surface area contributed by atoms with Gasteiger partial charge in [0.2, 0.25) is 0 Å². The monoisotopic (exact) mass is 386 g/mol. The molecular formula is C5H8I2O4. The summed E-state index contributed by atoms with van der Waals surface area (Å²) < 4.78 is -0.0693. The third-order valence-electron chi connectivity index (χ3n) is 0.455. The van der Waals surface area contributed by atoms with Gasteiger partial charge in [-0.05, 0) is 6.92 Å². The summed E-state index contributed by atoms with van der Waals surface area (Å²) in [5.74, 6) is -1.51. The van der Waals surface area contributed by atoms with Crippen molar-refractivity contribution < 1.29 is 19.8 Å². The zero-order chi connectivity index (χ0) is 9.44. The fourth-order valence-corrected chi connectivity index (χ4v) is 0. The fourth-order valence-electron chi connectivity index (χ4n) is 0. The lowest BCUT2D eigenvalue weighted by Crippen LogP contribution is -2.05. The average Bonchev–Trinajstić information content (AvgIpc) is 1.89. The minimum atomic E-state index is -0.759. The Labute approximate surface area is 91.6 Å². The van der Waals surface area contributed by atoms with E-state index < -0.39 is 11.9 Å². The van der Waals surface area contributed by atoms with E-state index in [0.29, 0.717) is 0 Å². The van der Waals surface area contributed by atoms with Crippen LogP contribution < -0.4 is 0 Å². The molecule has 0 aliphatic carbocycles. The molecule has 0 radical (unpaired) electrons. The molecule has 1 atom stereocenters. The fraction of sp³-hybridized carbons (Fsp3) is 0.600. The molecule has 66 valence electrons. The molecule has 0 aromatic carbocycles. The van der Waals surface area contributed by atoms with Gasteiger partial charge in [0.25, 0.3) is 0 Å². The summed E-state index contributed by atoms with van der Waals surface area (Å²) in [5.41, 5.74) is 0. The van der Waals surface area contributed by atoms with E-state index in [1.807, 2.05) is 22.6 Å². The highest BCUT2D eigenvalue weighted by atomic mass is 127. The molecule has 0 saturated carbocycles. The Kier molecular flexibility index (Phi) is 10.8. The lowest BCUT2D eigenvalue weighted by Gasteiger charge is -1.87. The molecule has 0 aliphatic rings. The molecule has 2 N–H and O–H groups in total. The summed E-state index contributed by atoms with van der Waals surface area (Å²) in [4.78, 5) is 19.1. The van der Waals surface area contributed by atoms with Crippen LogP contribution in [0.4, 0.5) is 0 Å². The molecule has 0 rings (SSSR count). The van der Waals surface area contributed by atoms with Crippen molar-refractivity contribution >= 4 is 57.1 Å². The number of hydrogen-bond donors (Lipinski definition) is 2. The third kappa shape index (κ3) is 17.9. The van der Waals surface area contributed by atoms with E-state index >= 15 is 0 Å². The van der Waals surface area contributed by atoms with E-state index in [9.17, 15) is 9.59 Å². The molecule has 0 heterocycles. The maximum atomic E-state index is 9.69. The summed E-state index contributed by atoms with van der Waals surface area (Å²) >= 11 is 3.61. The minimum absolute atomic E-state index is 0.192. The largest absolute Gasteiger partial charge is 0.481 e. The smallest absolute Gasteiger partial charge is 0.316 e. The van der Waals surface area contributed by atoms with E-state index in [4.69, 9.17) is 10.2 Å².